The summed E-state index contributed by atoms with van der Waals surface area (Å²) in [5, 5.41) is 42.2. The molecule has 0 atom stereocenters. The average molecular weight is 444 g/mol. The van der Waals surface area contributed by atoms with Gasteiger partial charge in [-0.2, -0.15) is 0 Å². The van der Waals surface area contributed by atoms with Gasteiger partial charge in [-0.3, -0.25) is 9.59 Å². The van der Waals surface area contributed by atoms with Gasteiger partial charge in [-0.25, -0.2) is 0 Å². The number of pyridine rings is 1. The van der Waals surface area contributed by atoms with Crippen molar-refractivity contribution in [2.24, 2.45) is 7.05 Å². The number of hydrogen-bond acceptors (Lipinski definition) is 7. The van der Waals surface area contributed by atoms with Gasteiger partial charge in [0.15, 0.2) is 18.4 Å². The highest BCUT2D eigenvalue weighted by Crippen LogP contribution is 2.43. The van der Waals surface area contributed by atoms with Crippen molar-refractivity contribution in [3.63, 3.8) is 0 Å². The fraction of sp³-hybridized carbons (Fsp3) is 0.120. The fourth-order valence-electron chi connectivity index (χ4n) is 4.40. The highest BCUT2D eigenvalue weighted by Gasteiger charge is 2.29. The zero-order chi connectivity index (χ0) is 23.4. The summed E-state index contributed by atoms with van der Waals surface area (Å²) in [7, 11) is 1.61. The van der Waals surface area contributed by atoms with E-state index in [1.165, 1.54) is 22.8 Å². The quantitative estimate of drug-likeness (QED) is 0.269. The summed E-state index contributed by atoms with van der Waals surface area (Å²) in [4.78, 5) is 26.6. The van der Waals surface area contributed by atoms with Crippen LogP contribution in [0, 0.1) is 0 Å². The van der Waals surface area contributed by atoms with Gasteiger partial charge in [-0.15, -0.1) is 0 Å². The molecule has 0 spiro atoms. The van der Waals surface area contributed by atoms with E-state index in [0.29, 0.717) is 33.2 Å². The van der Waals surface area contributed by atoms with E-state index < -0.39 is 12.6 Å². The number of fused-ring (bicyclic) bond motifs is 2. The number of carbonyl (C=O) groups is 1. The summed E-state index contributed by atoms with van der Waals surface area (Å²) in [5.74, 6) is -0.135. The second kappa shape index (κ2) is 7.65. The molecule has 0 saturated heterocycles. The van der Waals surface area contributed by atoms with E-state index in [4.69, 9.17) is 0 Å². The van der Waals surface area contributed by atoms with Crippen molar-refractivity contribution in [3.05, 3.63) is 93.3 Å². The monoisotopic (exact) mass is 444 g/mol. The lowest BCUT2D eigenvalue weighted by molar-refractivity contribution is -0.0474. The van der Waals surface area contributed by atoms with Gasteiger partial charge in [0, 0.05) is 45.9 Å². The van der Waals surface area contributed by atoms with Gasteiger partial charge in [-0.1, -0.05) is 36.4 Å². The number of nitrogens with one attached hydrogen (secondary N) is 1. The Labute approximate surface area is 187 Å². The lowest BCUT2D eigenvalue weighted by Crippen LogP contribution is -2.24. The molecule has 33 heavy (non-hydrogen) atoms. The molecule has 8 heteroatoms. The minimum Gasteiger partial charge on any atom is -0.364 e. The van der Waals surface area contributed by atoms with Gasteiger partial charge in [0.25, 0.3) is 5.56 Å². The molecule has 1 aromatic heterocycles. The van der Waals surface area contributed by atoms with E-state index >= 15 is 0 Å². The average Bonchev–Trinajstić information content (AvgIpc) is 2.81. The number of aromatic nitrogens is 1. The molecule has 1 aliphatic carbocycles. The fourth-order valence-corrected chi connectivity index (χ4v) is 4.40. The number of hydrogen-bond donors (Lipinski definition) is 5. The standard InChI is InChI=1S/C25H20N2O6/c1-27-18-8-4-7-17-19(18)20(15-5-2-3-6-16(15)22(17)28)21(23(27)29)26-14-10-12(24(30)31)9-13(11-14)25(32)33/h2-11,24-26,30-33H,1H3. The number of anilines is 2. The third-order valence-corrected chi connectivity index (χ3v) is 5.95. The van der Waals surface area contributed by atoms with Crippen LogP contribution in [0.25, 0.3) is 22.0 Å². The summed E-state index contributed by atoms with van der Waals surface area (Å²) in [6.45, 7) is 0. The Balaban J connectivity index is 1.83. The second-order valence-electron chi connectivity index (χ2n) is 7.95. The molecule has 1 heterocycles. The Bertz CT molecular complexity index is 1480. The molecule has 0 fully saturated rings. The van der Waals surface area contributed by atoms with Crippen LogP contribution in [-0.2, 0) is 7.05 Å². The first-order valence-corrected chi connectivity index (χ1v) is 10.2. The van der Waals surface area contributed by atoms with Gasteiger partial charge < -0.3 is 30.3 Å². The van der Waals surface area contributed by atoms with Crippen molar-refractivity contribution >= 4 is 28.1 Å². The Morgan fingerprint density at radius 1 is 0.788 bits per heavy atom. The molecule has 0 unspecified atom stereocenters. The third-order valence-electron chi connectivity index (χ3n) is 5.95. The minimum absolute atomic E-state index is 0.0191. The van der Waals surface area contributed by atoms with E-state index in [1.54, 1.807) is 49.5 Å². The maximum absolute atomic E-state index is 13.4. The van der Waals surface area contributed by atoms with Gasteiger partial charge in [-0.05, 0) is 29.8 Å². The summed E-state index contributed by atoms with van der Waals surface area (Å²) in [6, 6.07) is 16.3. The predicted octanol–water partition coefficient (Wildman–Crippen LogP) is 2.46. The van der Waals surface area contributed by atoms with Crippen molar-refractivity contribution in [3.8, 4) is 11.1 Å². The molecular weight excluding hydrogens is 424 g/mol. The molecule has 0 aliphatic heterocycles. The SMILES string of the molecule is Cn1c(=O)c(Nc2cc(C(O)O)cc(C(O)O)c2)c2c3c(cccc31)C(=O)c1ccccc1-2. The Morgan fingerprint density at radius 3 is 2.03 bits per heavy atom. The number of benzene rings is 3. The largest absolute Gasteiger partial charge is 0.364 e. The van der Waals surface area contributed by atoms with Gasteiger partial charge in [0.1, 0.15) is 5.69 Å². The number of carbonyl (C=O) groups excluding carboxylic acids is 1. The topological polar surface area (TPSA) is 132 Å². The number of aryl methyl sites for hydroxylation is 1. The third kappa shape index (κ3) is 3.24. The zero-order valence-corrected chi connectivity index (χ0v) is 17.5. The first-order valence-electron chi connectivity index (χ1n) is 10.2. The first-order chi connectivity index (χ1) is 15.8. The molecule has 0 amide bonds. The maximum Gasteiger partial charge on any atom is 0.275 e. The first kappa shape index (κ1) is 21.0. The van der Waals surface area contributed by atoms with E-state index in [9.17, 15) is 30.0 Å². The number of ketones is 1. The van der Waals surface area contributed by atoms with Crippen molar-refractivity contribution in [1.82, 2.24) is 4.57 Å². The van der Waals surface area contributed by atoms with Crippen molar-refractivity contribution < 1.29 is 25.2 Å². The zero-order valence-electron chi connectivity index (χ0n) is 17.5. The van der Waals surface area contributed by atoms with E-state index in [2.05, 4.69) is 5.32 Å². The molecule has 0 bridgehead atoms. The van der Waals surface area contributed by atoms with Crippen molar-refractivity contribution in [1.29, 1.82) is 0 Å². The molecule has 5 N–H and O–H groups in total. The summed E-state index contributed by atoms with van der Waals surface area (Å²) in [5.41, 5.74) is 2.82. The molecule has 166 valence electrons. The molecule has 0 saturated carbocycles. The number of aliphatic hydroxyl groups excluding tert-OH is 2. The Kier molecular flexibility index (Phi) is 4.88. The summed E-state index contributed by atoms with van der Waals surface area (Å²) in [6.07, 6.45) is -3.71. The lowest BCUT2D eigenvalue weighted by Gasteiger charge is -2.24. The van der Waals surface area contributed by atoms with Crippen LogP contribution in [0.5, 0.6) is 0 Å². The summed E-state index contributed by atoms with van der Waals surface area (Å²) >= 11 is 0. The normalized spacial score (nSPS) is 12.5. The second-order valence-corrected chi connectivity index (χ2v) is 7.95. The highest BCUT2D eigenvalue weighted by molar-refractivity contribution is 6.27. The molecular formula is C25H20N2O6. The van der Waals surface area contributed by atoms with Gasteiger partial charge in [0.05, 0.1) is 5.52 Å². The predicted molar refractivity (Wildman–Crippen MR) is 122 cm³/mol. The summed E-state index contributed by atoms with van der Waals surface area (Å²) < 4.78 is 1.44. The molecule has 8 nitrogen and oxygen atoms in total. The smallest absolute Gasteiger partial charge is 0.275 e. The molecule has 0 radical (unpaired) electrons. The van der Waals surface area contributed by atoms with E-state index in [1.807, 2.05) is 0 Å². The van der Waals surface area contributed by atoms with Crippen LogP contribution in [0.1, 0.15) is 39.6 Å². The van der Waals surface area contributed by atoms with Crippen LogP contribution in [-0.4, -0.2) is 30.8 Å². The lowest BCUT2D eigenvalue weighted by atomic mass is 9.83. The van der Waals surface area contributed by atoms with E-state index in [-0.39, 0.29) is 33.8 Å². The maximum atomic E-state index is 13.4. The molecule has 3 aromatic carbocycles. The molecule has 1 aliphatic rings. The van der Waals surface area contributed by atoms with Crippen LogP contribution in [0.2, 0.25) is 0 Å². The van der Waals surface area contributed by atoms with Crippen LogP contribution < -0.4 is 10.9 Å². The van der Waals surface area contributed by atoms with Crippen molar-refractivity contribution in [2.75, 3.05) is 5.32 Å². The van der Waals surface area contributed by atoms with Gasteiger partial charge in [0.2, 0.25) is 0 Å². The van der Waals surface area contributed by atoms with Crippen LogP contribution >= 0.6 is 0 Å². The number of aliphatic hydroxyl groups is 4. The molecule has 4 aromatic rings. The van der Waals surface area contributed by atoms with Crippen molar-refractivity contribution in [2.45, 2.75) is 12.6 Å². The molecule has 5 rings (SSSR count). The number of rotatable bonds is 4. The van der Waals surface area contributed by atoms with Crippen LogP contribution in [0.15, 0.2) is 65.5 Å². The van der Waals surface area contributed by atoms with Gasteiger partial charge >= 0.3 is 0 Å². The number of nitrogens with zero attached hydrogens (tertiary/aromatic N) is 1. The highest BCUT2D eigenvalue weighted by atomic mass is 16.5. The minimum atomic E-state index is -1.85. The Hall–Kier alpha value is -3.82. The van der Waals surface area contributed by atoms with Crippen LogP contribution in [0.3, 0.4) is 0 Å². The Morgan fingerprint density at radius 2 is 1.39 bits per heavy atom. The van der Waals surface area contributed by atoms with E-state index in [0.717, 1.165) is 0 Å². The van der Waals surface area contributed by atoms with Crippen LogP contribution in [0.4, 0.5) is 11.4 Å².